The molecule has 0 saturated heterocycles. The second-order valence-electron chi connectivity index (χ2n) is 6.42. The van der Waals surface area contributed by atoms with Gasteiger partial charge in [-0.15, -0.1) is 0 Å². The third kappa shape index (κ3) is 5.33. The van der Waals surface area contributed by atoms with Crippen LogP contribution in [0, 0.1) is 5.41 Å². The molecule has 0 aliphatic carbocycles. The van der Waals surface area contributed by atoms with Crippen LogP contribution in [0.15, 0.2) is 10.6 Å². The second kappa shape index (κ2) is 7.06. The molecule has 1 N–H and O–H groups in total. The van der Waals surface area contributed by atoms with Gasteiger partial charge in [-0.05, 0) is 32.4 Å². The molecular weight excluding hydrogens is 238 g/mol. The van der Waals surface area contributed by atoms with Gasteiger partial charge in [0.15, 0.2) is 5.76 Å². The molecule has 0 bridgehead atoms. The van der Waals surface area contributed by atoms with Gasteiger partial charge in [0.25, 0.3) is 0 Å². The van der Waals surface area contributed by atoms with Gasteiger partial charge >= 0.3 is 0 Å². The standard InChI is InChI=1S/C15H29N3O/c1-7-8-16-10-13-9-14(19-17-13)11-18(6)12(2)15(3,4)5/h9,12,16H,7-8,10-11H2,1-6H3. The van der Waals surface area contributed by atoms with Crippen LogP contribution in [0.1, 0.15) is 52.5 Å². The number of rotatable bonds is 7. The van der Waals surface area contributed by atoms with E-state index < -0.39 is 0 Å². The van der Waals surface area contributed by atoms with Gasteiger partial charge in [-0.2, -0.15) is 0 Å². The predicted molar refractivity (Wildman–Crippen MR) is 78.9 cm³/mol. The molecule has 1 heterocycles. The fourth-order valence-electron chi connectivity index (χ4n) is 1.95. The van der Waals surface area contributed by atoms with Crippen molar-refractivity contribution < 1.29 is 4.52 Å². The molecule has 1 aromatic heterocycles. The summed E-state index contributed by atoms with van der Waals surface area (Å²) in [6, 6.07) is 2.54. The molecule has 19 heavy (non-hydrogen) atoms. The summed E-state index contributed by atoms with van der Waals surface area (Å²) >= 11 is 0. The van der Waals surface area contributed by atoms with Crippen LogP contribution in [0.4, 0.5) is 0 Å². The van der Waals surface area contributed by atoms with Crippen molar-refractivity contribution in [1.29, 1.82) is 0 Å². The third-order valence-corrected chi connectivity index (χ3v) is 3.66. The maximum atomic E-state index is 5.40. The largest absolute Gasteiger partial charge is 0.360 e. The lowest BCUT2D eigenvalue weighted by molar-refractivity contribution is 0.124. The van der Waals surface area contributed by atoms with Crippen molar-refractivity contribution in [2.75, 3.05) is 13.6 Å². The first kappa shape index (κ1) is 16.2. The average molecular weight is 267 g/mol. The molecule has 1 unspecified atom stereocenters. The van der Waals surface area contributed by atoms with E-state index in [0.29, 0.717) is 6.04 Å². The van der Waals surface area contributed by atoms with E-state index in [-0.39, 0.29) is 5.41 Å². The zero-order valence-corrected chi connectivity index (χ0v) is 13.3. The van der Waals surface area contributed by atoms with Gasteiger partial charge in [0.05, 0.1) is 12.2 Å². The van der Waals surface area contributed by atoms with Crippen molar-refractivity contribution >= 4 is 0 Å². The van der Waals surface area contributed by atoms with E-state index in [2.05, 4.69) is 63.1 Å². The van der Waals surface area contributed by atoms with E-state index >= 15 is 0 Å². The smallest absolute Gasteiger partial charge is 0.151 e. The second-order valence-corrected chi connectivity index (χ2v) is 6.42. The summed E-state index contributed by atoms with van der Waals surface area (Å²) < 4.78 is 5.40. The Morgan fingerprint density at radius 1 is 1.42 bits per heavy atom. The zero-order chi connectivity index (χ0) is 14.5. The normalized spacial score (nSPS) is 14.1. The van der Waals surface area contributed by atoms with Gasteiger partial charge in [0.2, 0.25) is 0 Å². The molecule has 0 spiro atoms. The van der Waals surface area contributed by atoms with E-state index in [1.165, 1.54) is 0 Å². The van der Waals surface area contributed by atoms with Crippen molar-refractivity contribution in [3.05, 3.63) is 17.5 Å². The Hall–Kier alpha value is -0.870. The molecule has 0 saturated carbocycles. The Bertz CT molecular complexity index is 368. The number of nitrogens with zero attached hydrogens (tertiary/aromatic N) is 2. The highest BCUT2D eigenvalue weighted by Crippen LogP contribution is 2.24. The molecule has 0 aliphatic rings. The molecule has 1 aromatic rings. The molecular formula is C15H29N3O. The highest BCUT2D eigenvalue weighted by molar-refractivity contribution is 5.05. The lowest BCUT2D eigenvalue weighted by Crippen LogP contribution is -2.38. The Kier molecular flexibility index (Phi) is 6.01. The van der Waals surface area contributed by atoms with Gasteiger partial charge in [-0.1, -0.05) is 32.9 Å². The molecule has 0 radical (unpaired) electrons. The summed E-state index contributed by atoms with van der Waals surface area (Å²) in [5, 5.41) is 7.43. The van der Waals surface area contributed by atoms with E-state index in [1.54, 1.807) is 0 Å². The quantitative estimate of drug-likeness (QED) is 0.771. The van der Waals surface area contributed by atoms with Gasteiger partial charge in [-0.25, -0.2) is 0 Å². The van der Waals surface area contributed by atoms with Crippen molar-refractivity contribution in [2.45, 2.75) is 60.2 Å². The highest BCUT2D eigenvalue weighted by Gasteiger charge is 2.24. The Morgan fingerprint density at radius 3 is 2.68 bits per heavy atom. The van der Waals surface area contributed by atoms with Crippen LogP contribution in [0.3, 0.4) is 0 Å². The van der Waals surface area contributed by atoms with Gasteiger partial charge in [0.1, 0.15) is 0 Å². The minimum Gasteiger partial charge on any atom is -0.360 e. The summed E-state index contributed by atoms with van der Waals surface area (Å²) in [4.78, 5) is 2.31. The first-order valence-electron chi connectivity index (χ1n) is 7.20. The van der Waals surface area contributed by atoms with Crippen LogP contribution in [0.5, 0.6) is 0 Å². The van der Waals surface area contributed by atoms with E-state index in [9.17, 15) is 0 Å². The maximum Gasteiger partial charge on any atom is 0.151 e. The van der Waals surface area contributed by atoms with Crippen molar-refractivity contribution in [1.82, 2.24) is 15.4 Å². The van der Waals surface area contributed by atoms with E-state index in [1.807, 2.05) is 0 Å². The van der Waals surface area contributed by atoms with Gasteiger partial charge < -0.3 is 9.84 Å². The van der Waals surface area contributed by atoms with Crippen molar-refractivity contribution in [3.8, 4) is 0 Å². The van der Waals surface area contributed by atoms with E-state index in [0.717, 1.165) is 37.5 Å². The number of aromatic nitrogens is 1. The molecule has 1 atom stereocenters. The number of hydrogen-bond donors (Lipinski definition) is 1. The molecule has 0 aromatic carbocycles. The lowest BCUT2D eigenvalue weighted by atomic mass is 9.87. The summed E-state index contributed by atoms with van der Waals surface area (Å²) in [6.45, 7) is 13.8. The van der Waals surface area contributed by atoms with Crippen molar-refractivity contribution in [3.63, 3.8) is 0 Å². The molecule has 0 amide bonds. The molecule has 4 nitrogen and oxygen atoms in total. The van der Waals surface area contributed by atoms with Crippen LogP contribution < -0.4 is 5.32 Å². The summed E-state index contributed by atoms with van der Waals surface area (Å²) in [6.07, 6.45) is 1.14. The highest BCUT2D eigenvalue weighted by atomic mass is 16.5. The summed E-state index contributed by atoms with van der Waals surface area (Å²) in [7, 11) is 2.13. The first-order chi connectivity index (χ1) is 8.84. The molecule has 0 aliphatic heterocycles. The van der Waals surface area contributed by atoms with Crippen LogP contribution in [0.2, 0.25) is 0 Å². The fourth-order valence-corrected chi connectivity index (χ4v) is 1.95. The van der Waals surface area contributed by atoms with Gasteiger partial charge in [-0.3, -0.25) is 4.90 Å². The first-order valence-corrected chi connectivity index (χ1v) is 7.20. The Balaban J connectivity index is 2.49. The fraction of sp³-hybridized carbons (Fsp3) is 0.800. The topological polar surface area (TPSA) is 41.3 Å². The average Bonchev–Trinajstić information content (AvgIpc) is 2.75. The predicted octanol–water partition coefficient (Wildman–Crippen LogP) is 3.04. The number of hydrogen-bond acceptors (Lipinski definition) is 4. The lowest BCUT2D eigenvalue weighted by Gasteiger charge is -2.34. The summed E-state index contributed by atoms with van der Waals surface area (Å²) in [5.41, 5.74) is 1.25. The van der Waals surface area contributed by atoms with Crippen molar-refractivity contribution in [2.24, 2.45) is 5.41 Å². The molecule has 110 valence electrons. The van der Waals surface area contributed by atoms with Crippen LogP contribution in [-0.4, -0.2) is 29.7 Å². The molecule has 1 rings (SSSR count). The molecule has 4 heteroatoms. The van der Waals surface area contributed by atoms with Crippen LogP contribution in [0.25, 0.3) is 0 Å². The minimum absolute atomic E-state index is 0.264. The zero-order valence-electron chi connectivity index (χ0n) is 13.3. The van der Waals surface area contributed by atoms with Gasteiger partial charge in [0, 0.05) is 18.7 Å². The SMILES string of the molecule is CCCNCc1cc(CN(C)C(C)C(C)(C)C)on1. The molecule has 0 fully saturated rings. The van der Waals surface area contributed by atoms with E-state index in [4.69, 9.17) is 4.52 Å². The number of nitrogens with one attached hydrogen (secondary N) is 1. The van der Waals surface area contributed by atoms with Crippen LogP contribution in [-0.2, 0) is 13.1 Å². The Labute approximate surface area is 117 Å². The minimum atomic E-state index is 0.264. The monoisotopic (exact) mass is 267 g/mol. The summed E-state index contributed by atoms with van der Waals surface area (Å²) in [5.74, 6) is 0.937. The third-order valence-electron chi connectivity index (χ3n) is 3.66. The van der Waals surface area contributed by atoms with Crippen LogP contribution >= 0.6 is 0 Å². The Morgan fingerprint density at radius 2 is 2.11 bits per heavy atom. The maximum absolute atomic E-state index is 5.40.